The third kappa shape index (κ3) is 3.48. The van der Waals surface area contributed by atoms with Gasteiger partial charge < -0.3 is 10.3 Å². The summed E-state index contributed by atoms with van der Waals surface area (Å²) in [6.45, 7) is 3.97. The summed E-state index contributed by atoms with van der Waals surface area (Å²) in [5, 5.41) is 3.24. The lowest BCUT2D eigenvalue weighted by molar-refractivity contribution is -0.127. The molecule has 2 aliphatic rings. The Morgan fingerprint density at radius 3 is 2.70 bits per heavy atom. The zero-order chi connectivity index (χ0) is 16.4. The van der Waals surface area contributed by atoms with Gasteiger partial charge in [-0.25, -0.2) is 4.98 Å². The van der Waals surface area contributed by atoms with Crippen LogP contribution in [0.5, 0.6) is 0 Å². The fourth-order valence-corrected chi connectivity index (χ4v) is 3.41. The van der Waals surface area contributed by atoms with Crippen LogP contribution in [0.1, 0.15) is 82.7 Å². The lowest BCUT2D eigenvalue weighted by Crippen LogP contribution is -2.50. The first-order valence-corrected chi connectivity index (χ1v) is 8.98. The Kier molecular flexibility index (Phi) is 4.55. The SMILES string of the molecule is CCC(C)C(=O)NC1(c2nc(C3CC3)cc(=O)[nH]2)CCCCC1. The fraction of sp³-hybridized carbons (Fsp3) is 0.722. The van der Waals surface area contributed by atoms with Gasteiger partial charge in [0.1, 0.15) is 5.82 Å². The van der Waals surface area contributed by atoms with Gasteiger partial charge in [-0.05, 0) is 32.1 Å². The minimum absolute atomic E-state index is 0.0212. The molecule has 2 aliphatic carbocycles. The summed E-state index contributed by atoms with van der Waals surface area (Å²) in [6, 6.07) is 1.62. The van der Waals surface area contributed by atoms with Gasteiger partial charge >= 0.3 is 0 Å². The van der Waals surface area contributed by atoms with E-state index in [1.54, 1.807) is 6.07 Å². The Labute approximate surface area is 137 Å². The van der Waals surface area contributed by atoms with Crippen LogP contribution in [0.2, 0.25) is 0 Å². The topological polar surface area (TPSA) is 74.8 Å². The Hall–Kier alpha value is -1.65. The zero-order valence-corrected chi connectivity index (χ0v) is 14.2. The Morgan fingerprint density at radius 1 is 1.39 bits per heavy atom. The van der Waals surface area contributed by atoms with Crippen molar-refractivity contribution in [3.63, 3.8) is 0 Å². The maximum atomic E-state index is 12.5. The number of hydrogen-bond acceptors (Lipinski definition) is 3. The summed E-state index contributed by atoms with van der Waals surface area (Å²) in [7, 11) is 0. The minimum atomic E-state index is -0.497. The average molecular weight is 317 g/mol. The molecule has 1 heterocycles. The molecule has 1 unspecified atom stereocenters. The van der Waals surface area contributed by atoms with Gasteiger partial charge in [-0.15, -0.1) is 0 Å². The molecular weight excluding hydrogens is 290 g/mol. The van der Waals surface area contributed by atoms with E-state index in [0.717, 1.165) is 50.6 Å². The molecule has 3 rings (SSSR count). The van der Waals surface area contributed by atoms with Crippen LogP contribution in [-0.4, -0.2) is 15.9 Å². The van der Waals surface area contributed by atoms with Crippen LogP contribution in [0.3, 0.4) is 0 Å². The number of H-pyrrole nitrogens is 1. The molecule has 1 aromatic rings. The van der Waals surface area contributed by atoms with Crippen molar-refractivity contribution in [3.05, 3.63) is 27.9 Å². The lowest BCUT2D eigenvalue weighted by atomic mass is 9.80. The van der Waals surface area contributed by atoms with Crippen LogP contribution in [0.15, 0.2) is 10.9 Å². The summed E-state index contributed by atoms with van der Waals surface area (Å²) in [6.07, 6.45) is 8.03. The first-order chi connectivity index (χ1) is 11.0. The summed E-state index contributed by atoms with van der Waals surface area (Å²) >= 11 is 0. The zero-order valence-electron chi connectivity index (χ0n) is 14.2. The van der Waals surface area contributed by atoms with Gasteiger partial charge in [-0.2, -0.15) is 0 Å². The van der Waals surface area contributed by atoms with Gasteiger partial charge in [0.2, 0.25) is 5.91 Å². The number of rotatable bonds is 5. The van der Waals surface area contributed by atoms with Crippen LogP contribution < -0.4 is 10.9 Å². The number of amides is 1. The predicted molar refractivity (Wildman–Crippen MR) is 89.2 cm³/mol. The van der Waals surface area contributed by atoms with Crippen molar-refractivity contribution >= 4 is 5.91 Å². The van der Waals surface area contributed by atoms with E-state index in [9.17, 15) is 9.59 Å². The van der Waals surface area contributed by atoms with Gasteiger partial charge in [-0.3, -0.25) is 9.59 Å². The molecule has 2 fully saturated rings. The van der Waals surface area contributed by atoms with Crippen LogP contribution in [0.4, 0.5) is 0 Å². The molecule has 0 aromatic carbocycles. The van der Waals surface area contributed by atoms with Gasteiger partial charge in [0.05, 0.1) is 11.2 Å². The van der Waals surface area contributed by atoms with Crippen molar-refractivity contribution in [3.8, 4) is 0 Å². The minimum Gasteiger partial charge on any atom is -0.343 e. The van der Waals surface area contributed by atoms with E-state index in [0.29, 0.717) is 11.7 Å². The van der Waals surface area contributed by atoms with Crippen molar-refractivity contribution < 1.29 is 4.79 Å². The van der Waals surface area contributed by atoms with E-state index >= 15 is 0 Å². The molecule has 5 heteroatoms. The molecule has 1 aromatic heterocycles. The highest BCUT2D eigenvalue weighted by molar-refractivity contribution is 5.79. The normalized spacial score (nSPS) is 21.7. The predicted octanol–water partition coefficient (Wildman–Crippen LogP) is 2.97. The summed E-state index contributed by atoms with van der Waals surface area (Å²) in [4.78, 5) is 32.3. The quantitative estimate of drug-likeness (QED) is 0.876. The smallest absolute Gasteiger partial charge is 0.251 e. The Morgan fingerprint density at radius 2 is 2.09 bits per heavy atom. The van der Waals surface area contributed by atoms with E-state index in [1.807, 2.05) is 13.8 Å². The number of nitrogens with one attached hydrogen (secondary N) is 2. The first kappa shape index (κ1) is 16.2. The molecule has 0 aliphatic heterocycles. The number of aromatic amines is 1. The average Bonchev–Trinajstić information content (AvgIpc) is 3.39. The van der Waals surface area contributed by atoms with Crippen LogP contribution >= 0.6 is 0 Å². The molecule has 23 heavy (non-hydrogen) atoms. The highest BCUT2D eigenvalue weighted by atomic mass is 16.2. The lowest BCUT2D eigenvalue weighted by Gasteiger charge is -2.38. The molecule has 1 atom stereocenters. The molecule has 0 saturated heterocycles. The van der Waals surface area contributed by atoms with Gasteiger partial charge in [0, 0.05) is 17.9 Å². The van der Waals surface area contributed by atoms with Crippen LogP contribution in [-0.2, 0) is 10.3 Å². The van der Waals surface area contributed by atoms with E-state index in [1.165, 1.54) is 6.42 Å². The Balaban J connectivity index is 1.95. The monoisotopic (exact) mass is 317 g/mol. The number of nitrogens with zero attached hydrogens (tertiary/aromatic N) is 1. The van der Waals surface area contributed by atoms with Crippen molar-refractivity contribution in [2.45, 2.75) is 76.7 Å². The molecule has 0 bridgehead atoms. The molecule has 0 spiro atoms. The van der Waals surface area contributed by atoms with E-state index in [2.05, 4.69) is 10.3 Å². The number of hydrogen-bond donors (Lipinski definition) is 2. The molecule has 5 nitrogen and oxygen atoms in total. The van der Waals surface area contributed by atoms with Gasteiger partial charge in [-0.1, -0.05) is 33.1 Å². The maximum Gasteiger partial charge on any atom is 0.251 e. The van der Waals surface area contributed by atoms with Crippen molar-refractivity contribution in [1.82, 2.24) is 15.3 Å². The summed E-state index contributed by atoms with van der Waals surface area (Å²) < 4.78 is 0. The van der Waals surface area contributed by atoms with Crippen LogP contribution in [0, 0.1) is 5.92 Å². The van der Waals surface area contributed by atoms with Crippen molar-refractivity contribution in [2.75, 3.05) is 0 Å². The molecule has 1 amide bonds. The molecule has 2 saturated carbocycles. The second-order valence-corrected chi connectivity index (χ2v) is 7.23. The van der Waals surface area contributed by atoms with Crippen molar-refractivity contribution in [2.24, 2.45) is 5.92 Å². The highest BCUT2D eigenvalue weighted by Gasteiger charge is 2.39. The molecular formula is C18H27N3O2. The standard InChI is InChI=1S/C18H27N3O2/c1-3-12(2)16(23)21-18(9-5-4-6-10-18)17-19-14(13-7-8-13)11-15(22)20-17/h11-13H,3-10H2,1-2H3,(H,21,23)(H,19,20,22). The number of carbonyl (C=O) groups is 1. The van der Waals surface area contributed by atoms with Crippen LogP contribution in [0.25, 0.3) is 0 Å². The van der Waals surface area contributed by atoms with Gasteiger partial charge in [0.15, 0.2) is 0 Å². The molecule has 126 valence electrons. The van der Waals surface area contributed by atoms with E-state index in [-0.39, 0.29) is 17.4 Å². The second kappa shape index (κ2) is 6.46. The second-order valence-electron chi connectivity index (χ2n) is 7.23. The van der Waals surface area contributed by atoms with Gasteiger partial charge in [0.25, 0.3) is 5.56 Å². The fourth-order valence-electron chi connectivity index (χ4n) is 3.41. The third-order valence-electron chi connectivity index (χ3n) is 5.34. The first-order valence-electron chi connectivity index (χ1n) is 8.98. The van der Waals surface area contributed by atoms with E-state index < -0.39 is 5.54 Å². The van der Waals surface area contributed by atoms with Crippen molar-refractivity contribution in [1.29, 1.82) is 0 Å². The maximum absolute atomic E-state index is 12.5. The highest BCUT2D eigenvalue weighted by Crippen LogP contribution is 2.40. The molecule has 2 N–H and O–H groups in total. The summed E-state index contributed by atoms with van der Waals surface area (Å²) in [5.74, 6) is 1.14. The number of aromatic nitrogens is 2. The number of carbonyl (C=O) groups excluding carboxylic acids is 1. The molecule has 0 radical (unpaired) electrons. The third-order valence-corrected chi connectivity index (χ3v) is 5.34. The Bertz CT molecular complexity index is 627. The summed E-state index contributed by atoms with van der Waals surface area (Å²) in [5.41, 5.74) is 0.300. The largest absolute Gasteiger partial charge is 0.343 e. The van der Waals surface area contributed by atoms with E-state index in [4.69, 9.17) is 4.98 Å².